The zero-order chi connectivity index (χ0) is 11.4. The Balaban J connectivity index is 1.66. The minimum absolute atomic E-state index is 0.333. The van der Waals surface area contributed by atoms with Gasteiger partial charge in [-0.3, -0.25) is 4.90 Å². The largest absolute Gasteiger partial charge is 0.379 e. The molecular weight excluding hydrogens is 226 g/mol. The van der Waals surface area contributed by atoms with E-state index in [1.54, 1.807) is 0 Å². The topological polar surface area (TPSA) is 21.7 Å². The van der Waals surface area contributed by atoms with E-state index in [2.05, 4.69) is 11.5 Å². The molecule has 0 unspecified atom stereocenters. The van der Waals surface area contributed by atoms with Crippen molar-refractivity contribution in [2.45, 2.75) is 31.5 Å². The molecule has 0 N–H and O–H groups in total. The lowest BCUT2D eigenvalue weighted by Gasteiger charge is -2.32. The molecule has 0 amide bonds. The summed E-state index contributed by atoms with van der Waals surface area (Å²) in [6.07, 6.45) is 3.99. The number of ether oxygens (including phenoxy) is 2. The highest BCUT2D eigenvalue weighted by atomic mass is 35.5. The maximum atomic E-state index is 6.00. The van der Waals surface area contributed by atoms with E-state index in [1.807, 2.05) is 0 Å². The van der Waals surface area contributed by atoms with Gasteiger partial charge in [-0.05, 0) is 19.3 Å². The van der Waals surface area contributed by atoms with Crippen LogP contribution in [0, 0.1) is 0 Å². The van der Waals surface area contributed by atoms with Crippen molar-refractivity contribution in [2.75, 3.05) is 32.8 Å². The van der Waals surface area contributed by atoms with E-state index in [4.69, 9.17) is 21.1 Å². The van der Waals surface area contributed by atoms with Gasteiger partial charge < -0.3 is 9.47 Å². The molecule has 0 bridgehead atoms. The van der Waals surface area contributed by atoms with Crippen molar-refractivity contribution in [2.24, 2.45) is 0 Å². The Morgan fingerprint density at radius 2 is 2.06 bits per heavy atom. The van der Waals surface area contributed by atoms with Crippen molar-refractivity contribution in [3.8, 4) is 0 Å². The van der Waals surface area contributed by atoms with Gasteiger partial charge in [0.25, 0.3) is 0 Å². The molecular formula is C12H20ClNO2. The molecule has 2 aliphatic rings. The summed E-state index contributed by atoms with van der Waals surface area (Å²) in [5, 5.41) is 0.726. The van der Waals surface area contributed by atoms with Crippen LogP contribution >= 0.6 is 11.6 Å². The maximum Gasteiger partial charge on any atom is 0.0834 e. The molecule has 0 radical (unpaired) electrons. The fourth-order valence-electron chi connectivity index (χ4n) is 2.34. The van der Waals surface area contributed by atoms with Gasteiger partial charge in [0.15, 0.2) is 0 Å². The number of hydrogen-bond donors (Lipinski definition) is 0. The quantitative estimate of drug-likeness (QED) is 0.756. The summed E-state index contributed by atoms with van der Waals surface area (Å²) in [5.74, 6) is 0. The third kappa shape index (κ3) is 3.74. The second-order valence-corrected chi connectivity index (χ2v) is 5.15. The van der Waals surface area contributed by atoms with Crippen molar-refractivity contribution in [3.05, 3.63) is 11.6 Å². The number of nitrogens with zero attached hydrogens (tertiary/aromatic N) is 1. The highest BCUT2D eigenvalue weighted by molar-refractivity contribution is 6.29. The fraction of sp³-hybridized carbons (Fsp3) is 0.833. The molecule has 16 heavy (non-hydrogen) atoms. The van der Waals surface area contributed by atoms with Crippen molar-refractivity contribution >= 4 is 11.6 Å². The van der Waals surface area contributed by atoms with Crippen LogP contribution in [0.25, 0.3) is 0 Å². The van der Waals surface area contributed by atoms with Crippen LogP contribution in [-0.4, -0.2) is 50.0 Å². The Morgan fingerprint density at radius 3 is 2.62 bits per heavy atom. The highest BCUT2D eigenvalue weighted by Gasteiger charge is 2.24. The lowest BCUT2D eigenvalue weighted by Crippen LogP contribution is -2.39. The van der Waals surface area contributed by atoms with Crippen LogP contribution in [-0.2, 0) is 9.47 Å². The lowest BCUT2D eigenvalue weighted by molar-refractivity contribution is -0.0427. The fourth-order valence-corrected chi connectivity index (χ4v) is 2.51. The summed E-state index contributed by atoms with van der Waals surface area (Å²) in [4.78, 5) is 2.33. The number of piperidine rings is 1. The molecule has 0 aromatic carbocycles. The molecule has 2 rings (SSSR count). The van der Waals surface area contributed by atoms with Gasteiger partial charge >= 0.3 is 0 Å². The van der Waals surface area contributed by atoms with E-state index >= 15 is 0 Å². The van der Waals surface area contributed by atoms with Crippen LogP contribution in [0.5, 0.6) is 0 Å². The van der Waals surface area contributed by atoms with Crippen molar-refractivity contribution in [1.82, 2.24) is 4.90 Å². The minimum Gasteiger partial charge on any atom is -0.379 e. The zero-order valence-electron chi connectivity index (χ0n) is 9.66. The van der Waals surface area contributed by atoms with Crippen molar-refractivity contribution < 1.29 is 9.47 Å². The van der Waals surface area contributed by atoms with Gasteiger partial charge in [0.05, 0.1) is 18.8 Å². The monoisotopic (exact) mass is 245 g/mol. The Morgan fingerprint density at radius 1 is 1.31 bits per heavy atom. The number of halogens is 1. The predicted molar refractivity (Wildman–Crippen MR) is 64.8 cm³/mol. The predicted octanol–water partition coefficient (Wildman–Crippen LogP) is 2.01. The summed E-state index contributed by atoms with van der Waals surface area (Å²) in [7, 11) is 0. The van der Waals surface area contributed by atoms with E-state index in [1.165, 1.54) is 0 Å². The van der Waals surface area contributed by atoms with E-state index in [0.29, 0.717) is 12.2 Å². The molecule has 2 fully saturated rings. The van der Waals surface area contributed by atoms with Gasteiger partial charge in [0, 0.05) is 31.3 Å². The SMILES string of the molecule is C=C(Cl)CN1CCC(O[C@H]2CCOC2)CC1. The second kappa shape index (κ2) is 6.01. The molecule has 4 heteroatoms. The molecule has 1 atom stereocenters. The van der Waals surface area contributed by atoms with Crippen LogP contribution in [0.3, 0.4) is 0 Å². The molecule has 92 valence electrons. The molecule has 0 saturated carbocycles. The minimum atomic E-state index is 0.333. The van der Waals surface area contributed by atoms with Crippen LogP contribution < -0.4 is 0 Å². The first-order chi connectivity index (χ1) is 7.74. The Kier molecular flexibility index (Phi) is 4.65. The third-order valence-corrected chi connectivity index (χ3v) is 3.32. The average molecular weight is 246 g/mol. The number of rotatable bonds is 4. The summed E-state index contributed by atoms with van der Waals surface area (Å²) >= 11 is 5.80. The lowest BCUT2D eigenvalue weighted by atomic mass is 10.1. The van der Waals surface area contributed by atoms with E-state index in [0.717, 1.165) is 57.1 Å². The molecule has 2 saturated heterocycles. The second-order valence-electron chi connectivity index (χ2n) is 4.61. The molecule has 3 nitrogen and oxygen atoms in total. The number of likely N-dealkylation sites (tertiary alicyclic amines) is 1. The average Bonchev–Trinajstić information content (AvgIpc) is 2.73. The molecule has 2 aliphatic heterocycles. The molecule has 0 spiro atoms. The van der Waals surface area contributed by atoms with E-state index in [9.17, 15) is 0 Å². The summed E-state index contributed by atoms with van der Waals surface area (Å²) < 4.78 is 11.3. The first-order valence-corrected chi connectivity index (χ1v) is 6.40. The summed E-state index contributed by atoms with van der Waals surface area (Å²) in [6, 6.07) is 0. The smallest absolute Gasteiger partial charge is 0.0834 e. The van der Waals surface area contributed by atoms with E-state index < -0.39 is 0 Å². The molecule has 0 aliphatic carbocycles. The van der Waals surface area contributed by atoms with Crippen molar-refractivity contribution in [1.29, 1.82) is 0 Å². The van der Waals surface area contributed by atoms with Crippen LogP contribution in [0.15, 0.2) is 11.6 Å². The summed E-state index contributed by atoms with van der Waals surface area (Å²) in [6.45, 7) is 8.29. The Hall–Kier alpha value is -0.0900. The standard InChI is InChI=1S/C12H20ClNO2/c1-10(13)8-14-5-2-11(3-6-14)16-12-4-7-15-9-12/h11-12H,1-9H2/t12-/m0/s1. The van der Waals surface area contributed by atoms with Gasteiger partial charge in [-0.2, -0.15) is 0 Å². The van der Waals surface area contributed by atoms with Gasteiger partial charge in [0.2, 0.25) is 0 Å². The van der Waals surface area contributed by atoms with E-state index in [-0.39, 0.29) is 0 Å². The summed E-state index contributed by atoms with van der Waals surface area (Å²) in [5.41, 5.74) is 0. The first-order valence-electron chi connectivity index (χ1n) is 6.03. The maximum absolute atomic E-state index is 6.00. The van der Waals surface area contributed by atoms with Crippen LogP contribution in [0.2, 0.25) is 0 Å². The Bertz CT molecular complexity index is 233. The van der Waals surface area contributed by atoms with Gasteiger partial charge in [-0.25, -0.2) is 0 Å². The molecule has 0 aromatic rings. The van der Waals surface area contributed by atoms with Crippen LogP contribution in [0.4, 0.5) is 0 Å². The Labute approximate surface area is 102 Å². The highest BCUT2D eigenvalue weighted by Crippen LogP contribution is 2.19. The first kappa shape index (κ1) is 12.4. The van der Waals surface area contributed by atoms with Gasteiger partial charge in [0.1, 0.15) is 0 Å². The number of hydrogen-bond acceptors (Lipinski definition) is 3. The zero-order valence-corrected chi connectivity index (χ0v) is 10.4. The molecule has 2 heterocycles. The third-order valence-electron chi connectivity index (χ3n) is 3.20. The normalized spacial score (nSPS) is 28.4. The van der Waals surface area contributed by atoms with Crippen LogP contribution in [0.1, 0.15) is 19.3 Å². The molecule has 0 aromatic heterocycles. The van der Waals surface area contributed by atoms with Gasteiger partial charge in [-0.15, -0.1) is 0 Å². The van der Waals surface area contributed by atoms with Gasteiger partial charge in [-0.1, -0.05) is 18.2 Å². The van der Waals surface area contributed by atoms with Crippen molar-refractivity contribution in [3.63, 3.8) is 0 Å².